The Kier molecular flexibility index (Phi) is 1.09. The molecule has 0 aromatic carbocycles. The predicted octanol–water partition coefficient (Wildman–Crippen LogP) is 0.646. The van der Waals surface area contributed by atoms with Crippen molar-refractivity contribution >= 4 is 11.1 Å². The first-order valence-corrected chi connectivity index (χ1v) is 3.22. The van der Waals surface area contributed by atoms with Gasteiger partial charge in [-0.2, -0.15) is 0 Å². The lowest BCUT2D eigenvalue weighted by atomic mass is 10.4. The molecule has 1 N–H and O–H groups in total. The molecule has 0 amide bonds. The van der Waals surface area contributed by atoms with Gasteiger partial charge in [0.1, 0.15) is 5.49 Å². The molecule has 56 valence electrons. The van der Waals surface area contributed by atoms with Gasteiger partial charge in [-0.15, -0.1) is 0 Å². The number of aryl methyl sites for hydroxylation is 1. The van der Waals surface area contributed by atoms with Gasteiger partial charge in [0.15, 0.2) is 0 Å². The average Bonchev–Trinajstić information content (AvgIpc) is 2.45. The summed E-state index contributed by atoms with van der Waals surface area (Å²) in [6.07, 6.45) is 3.10. The molecule has 0 saturated carbocycles. The number of hydrogen-bond acceptors (Lipinski definition) is 3. The summed E-state index contributed by atoms with van der Waals surface area (Å²) >= 11 is 0. The monoisotopic (exact) mass is 149 g/mol. The van der Waals surface area contributed by atoms with Gasteiger partial charge in [0.2, 0.25) is 5.71 Å². The molecule has 2 heterocycles. The fraction of sp³-hybridized carbons (Fsp3) is 0.143. The molecule has 0 aliphatic heterocycles. The van der Waals surface area contributed by atoms with Crippen molar-refractivity contribution in [2.24, 2.45) is 7.05 Å². The van der Waals surface area contributed by atoms with Crippen LogP contribution in [-0.2, 0) is 7.05 Å². The van der Waals surface area contributed by atoms with Crippen molar-refractivity contribution < 1.29 is 4.42 Å². The summed E-state index contributed by atoms with van der Waals surface area (Å²) in [5.41, 5.74) is 0.942. The van der Waals surface area contributed by atoms with E-state index in [1.54, 1.807) is 24.0 Å². The van der Waals surface area contributed by atoms with Gasteiger partial charge in [0.25, 0.3) is 0 Å². The molecule has 0 unspecified atom stereocenters. The van der Waals surface area contributed by atoms with Gasteiger partial charge in [0, 0.05) is 7.05 Å². The van der Waals surface area contributed by atoms with E-state index in [1.807, 2.05) is 0 Å². The minimum atomic E-state index is 0.420. The van der Waals surface area contributed by atoms with Crippen LogP contribution in [0.4, 0.5) is 0 Å². The predicted molar refractivity (Wildman–Crippen MR) is 38.8 cm³/mol. The zero-order valence-corrected chi connectivity index (χ0v) is 6.03. The van der Waals surface area contributed by atoms with Gasteiger partial charge in [-0.3, -0.25) is 5.41 Å². The number of fused-ring (bicyclic) bond motifs is 1. The summed E-state index contributed by atoms with van der Waals surface area (Å²) in [6.45, 7) is 0. The van der Waals surface area contributed by atoms with E-state index in [0.29, 0.717) is 11.2 Å². The van der Waals surface area contributed by atoms with E-state index in [0.717, 1.165) is 5.39 Å². The van der Waals surface area contributed by atoms with Crippen molar-refractivity contribution in [1.29, 1.82) is 5.41 Å². The number of hydrogen-bond donors (Lipinski definition) is 1. The van der Waals surface area contributed by atoms with Gasteiger partial charge < -0.3 is 8.98 Å². The Morgan fingerprint density at radius 3 is 3.27 bits per heavy atom. The lowest BCUT2D eigenvalue weighted by Gasteiger charge is -1.95. The fourth-order valence-electron chi connectivity index (χ4n) is 0.968. The maximum Gasteiger partial charge on any atom is 0.230 e. The van der Waals surface area contributed by atoms with Gasteiger partial charge in [-0.25, -0.2) is 4.98 Å². The van der Waals surface area contributed by atoms with E-state index in [4.69, 9.17) is 9.83 Å². The molecule has 2 aromatic rings. The van der Waals surface area contributed by atoms with Crippen molar-refractivity contribution in [3.63, 3.8) is 0 Å². The quantitative estimate of drug-likeness (QED) is 0.597. The molecule has 0 radical (unpaired) electrons. The van der Waals surface area contributed by atoms with E-state index in [1.165, 1.54) is 6.26 Å². The maximum atomic E-state index is 7.57. The topological polar surface area (TPSA) is 54.8 Å². The Labute approximate surface area is 62.6 Å². The number of rotatable bonds is 0. The summed E-state index contributed by atoms with van der Waals surface area (Å²) < 4.78 is 6.65. The van der Waals surface area contributed by atoms with E-state index < -0.39 is 0 Å². The number of nitrogens with zero attached hydrogens (tertiary/aromatic N) is 2. The fourth-order valence-corrected chi connectivity index (χ4v) is 0.968. The summed E-state index contributed by atoms with van der Waals surface area (Å²) in [6, 6.07) is 1.74. The Morgan fingerprint density at radius 1 is 1.64 bits per heavy atom. The first-order chi connectivity index (χ1) is 5.29. The maximum absolute atomic E-state index is 7.57. The Morgan fingerprint density at radius 2 is 2.45 bits per heavy atom. The molecule has 0 aliphatic carbocycles. The molecule has 0 bridgehead atoms. The summed E-state index contributed by atoms with van der Waals surface area (Å²) in [4.78, 5) is 3.98. The zero-order valence-electron chi connectivity index (χ0n) is 6.03. The van der Waals surface area contributed by atoms with E-state index in [2.05, 4.69) is 4.98 Å². The van der Waals surface area contributed by atoms with Crippen LogP contribution >= 0.6 is 0 Å². The lowest BCUT2D eigenvalue weighted by molar-refractivity contribution is 0.598. The normalized spacial score (nSPS) is 10.6. The van der Waals surface area contributed by atoms with Crippen molar-refractivity contribution in [3.05, 3.63) is 24.1 Å². The van der Waals surface area contributed by atoms with Crippen LogP contribution in [0.2, 0.25) is 0 Å². The molecular formula is C7H7N3O. The number of furan rings is 1. The largest absolute Gasteiger partial charge is 0.446 e. The second-order valence-corrected chi connectivity index (χ2v) is 2.34. The highest BCUT2D eigenvalue weighted by Crippen LogP contribution is 2.04. The summed E-state index contributed by atoms with van der Waals surface area (Å²) in [5, 5.41) is 8.31. The molecule has 4 nitrogen and oxygen atoms in total. The Balaban J connectivity index is 3.05. The summed E-state index contributed by atoms with van der Waals surface area (Å²) in [5.74, 6) is 0. The molecule has 11 heavy (non-hydrogen) atoms. The van der Waals surface area contributed by atoms with Gasteiger partial charge >= 0.3 is 0 Å². The van der Waals surface area contributed by atoms with Gasteiger partial charge in [0.05, 0.1) is 18.0 Å². The standard InChI is InChI=1S/C7H7N3O/c1-10-4-9-7-5(6(10)8)2-3-11-7/h2-4,8H,1H3. The zero-order chi connectivity index (χ0) is 7.84. The van der Waals surface area contributed by atoms with Crippen molar-refractivity contribution in [2.75, 3.05) is 0 Å². The van der Waals surface area contributed by atoms with E-state index in [-0.39, 0.29) is 0 Å². The Hall–Kier alpha value is -1.58. The highest BCUT2D eigenvalue weighted by molar-refractivity contribution is 5.70. The van der Waals surface area contributed by atoms with Crippen LogP contribution in [0.3, 0.4) is 0 Å². The molecule has 0 atom stereocenters. The molecule has 0 saturated heterocycles. The van der Waals surface area contributed by atoms with Crippen LogP contribution in [0.15, 0.2) is 23.1 Å². The molecule has 0 aliphatic rings. The number of aromatic nitrogens is 2. The van der Waals surface area contributed by atoms with Crippen LogP contribution in [0.5, 0.6) is 0 Å². The third-order valence-corrected chi connectivity index (χ3v) is 1.60. The van der Waals surface area contributed by atoms with Crippen LogP contribution in [0, 0.1) is 5.41 Å². The van der Waals surface area contributed by atoms with Crippen LogP contribution in [0.25, 0.3) is 11.1 Å². The third kappa shape index (κ3) is 0.756. The molecule has 2 rings (SSSR count). The molecular weight excluding hydrogens is 142 g/mol. The van der Waals surface area contributed by atoms with Gasteiger partial charge in [-0.1, -0.05) is 0 Å². The van der Waals surface area contributed by atoms with Crippen LogP contribution in [0.1, 0.15) is 0 Å². The van der Waals surface area contributed by atoms with Crippen molar-refractivity contribution in [2.45, 2.75) is 0 Å². The van der Waals surface area contributed by atoms with Crippen LogP contribution in [-0.4, -0.2) is 9.55 Å². The third-order valence-electron chi connectivity index (χ3n) is 1.60. The molecule has 4 heteroatoms. The second-order valence-electron chi connectivity index (χ2n) is 2.34. The smallest absolute Gasteiger partial charge is 0.230 e. The SMILES string of the molecule is Cn1cnc2occc2c1=N. The van der Waals surface area contributed by atoms with Gasteiger partial charge in [-0.05, 0) is 6.07 Å². The molecule has 0 spiro atoms. The molecule has 0 fully saturated rings. The highest BCUT2D eigenvalue weighted by atomic mass is 16.3. The van der Waals surface area contributed by atoms with Crippen molar-refractivity contribution in [3.8, 4) is 0 Å². The van der Waals surface area contributed by atoms with Crippen LogP contribution < -0.4 is 5.49 Å². The summed E-state index contributed by atoms with van der Waals surface area (Å²) in [7, 11) is 1.78. The Bertz CT molecular complexity index is 440. The van der Waals surface area contributed by atoms with E-state index >= 15 is 0 Å². The lowest BCUT2D eigenvalue weighted by Crippen LogP contribution is -2.16. The molecule has 2 aromatic heterocycles. The van der Waals surface area contributed by atoms with E-state index in [9.17, 15) is 0 Å². The number of nitrogens with one attached hydrogen (secondary N) is 1. The van der Waals surface area contributed by atoms with Crippen molar-refractivity contribution in [1.82, 2.24) is 9.55 Å². The second kappa shape index (κ2) is 1.95. The first kappa shape index (κ1) is 6.15. The highest BCUT2D eigenvalue weighted by Gasteiger charge is 1.99. The minimum absolute atomic E-state index is 0.420. The minimum Gasteiger partial charge on any atom is -0.446 e. The average molecular weight is 149 g/mol. The first-order valence-electron chi connectivity index (χ1n) is 3.22.